The fourth-order valence-corrected chi connectivity index (χ4v) is 1.18. The molecule has 1 rings (SSSR count). The highest BCUT2D eigenvalue weighted by Crippen LogP contribution is 2.20. The maximum atomic E-state index is 2.69. The van der Waals surface area contributed by atoms with Crippen LogP contribution in [0.15, 0.2) is 24.3 Å². The average Bonchev–Trinajstić information content (AvgIpc) is 1.86. The van der Waals surface area contributed by atoms with E-state index in [0.29, 0.717) is 0 Å². The van der Waals surface area contributed by atoms with E-state index in [0.717, 1.165) is 0 Å². The second-order valence-corrected chi connectivity index (χ2v) is 4.54. The maximum absolute atomic E-state index is 2.69. The molecule has 0 aliphatic heterocycles. The molecule has 1 aromatic carbocycles. The van der Waals surface area contributed by atoms with Gasteiger partial charge in [-0.3, -0.25) is 0 Å². The van der Waals surface area contributed by atoms with Crippen LogP contribution in [0.2, 0.25) is 0 Å². The van der Waals surface area contributed by atoms with Gasteiger partial charge in [-0.1, -0.05) is 45.0 Å². The monoisotopic (exact) mass is 238 g/mol. The fraction of sp³-hybridized carbons (Fsp3) is 0.400. The molecule has 0 saturated carbocycles. The molecule has 0 spiro atoms. The lowest BCUT2D eigenvalue weighted by atomic mass is 9.87. The molecule has 0 amide bonds. The summed E-state index contributed by atoms with van der Waals surface area (Å²) in [5, 5.41) is 1.25. The molecular formula is C10H17Cl2P. The van der Waals surface area contributed by atoms with Crippen LogP contribution in [0.5, 0.6) is 0 Å². The Labute approximate surface area is 95.5 Å². The van der Waals surface area contributed by atoms with Crippen molar-refractivity contribution in [3.05, 3.63) is 29.8 Å². The molecule has 0 aliphatic carbocycles. The predicted octanol–water partition coefficient (Wildman–Crippen LogP) is 3.33. The Bertz CT molecular complexity index is 236. The van der Waals surface area contributed by atoms with Gasteiger partial charge in [0.2, 0.25) is 0 Å². The van der Waals surface area contributed by atoms with Crippen LogP contribution < -0.4 is 5.30 Å². The van der Waals surface area contributed by atoms with Crippen molar-refractivity contribution >= 4 is 39.4 Å². The third kappa shape index (κ3) is 4.86. The third-order valence-electron chi connectivity index (χ3n) is 1.78. The Kier molecular flexibility index (Phi) is 7.07. The summed E-state index contributed by atoms with van der Waals surface area (Å²) in [5.41, 5.74) is 1.67. The minimum absolute atomic E-state index is 0. The molecule has 1 aromatic rings. The van der Waals surface area contributed by atoms with Crippen LogP contribution >= 0.6 is 34.1 Å². The van der Waals surface area contributed by atoms with Gasteiger partial charge in [-0.05, 0) is 16.3 Å². The third-order valence-corrected chi connectivity index (χ3v) is 2.16. The van der Waals surface area contributed by atoms with Crippen molar-refractivity contribution < 1.29 is 0 Å². The largest absolute Gasteiger partial charge is 0.147 e. The molecule has 0 heterocycles. The summed E-state index contributed by atoms with van der Waals surface area (Å²) in [6, 6.07) is 8.63. The number of rotatable bonds is 0. The topological polar surface area (TPSA) is 0 Å². The van der Waals surface area contributed by atoms with E-state index < -0.39 is 0 Å². The van der Waals surface area contributed by atoms with Gasteiger partial charge in [0.15, 0.2) is 0 Å². The second-order valence-electron chi connectivity index (χ2n) is 3.87. The van der Waals surface area contributed by atoms with E-state index in [1.165, 1.54) is 10.9 Å². The van der Waals surface area contributed by atoms with Gasteiger partial charge in [0, 0.05) is 0 Å². The predicted molar refractivity (Wildman–Crippen MR) is 69.0 cm³/mol. The summed E-state index contributed by atoms with van der Waals surface area (Å²) in [6.45, 7) is 6.68. The molecule has 0 aliphatic rings. The molecule has 0 radical (unpaired) electrons. The molecule has 0 bridgehead atoms. The van der Waals surface area contributed by atoms with Crippen LogP contribution in [-0.4, -0.2) is 0 Å². The van der Waals surface area contributed by atoms with Crippen molar-refractivity contribution in [2.75, 3.05) is 0 Å². The normalized spacial score (nSPS) is 9.85. The molecule has 0 saturated heterocycles. The van der Waals surface area contributed by atoms with E-state index >= 15 is 0 Å². The van der Waals surface area contributed by atoms with Crippen molar-refractivity contribution in [1.29, 1.82) is 0 Å². The summed E-state index contributed by atoms with van der Waals surface area (Å²) in [4.78, 5) is 0. The molecule has 0 N–H and O–H groups in total. The van der Waals surface area contributed by atoms with Crippen molar-refractivity contribution in [2.45, 2.75) is 26.2 Å². The van der Waals surface area contributed by atoms with Crippen LogP contribution in [0.3, 0.4) is 0 Å². The Balaban J connectivity index is 0. The van der Waals surface area contributed by atoms with Gasteiger partial charge in [0.1, 0.15) is 0 Å². The van der Waals surface area contributed by atoms with Gasteiger partial charge >= 0.3 is 0 Å². The Morgan fingerprint density at radius 1 is 0.923 bits per heavy atom. The SMILES string of the molecule is CC(C)(C)c1ccc(P)cc1.Cl.Cl. The molecule has 3 heteroatoms. The van der Waals surface area contributed by atoms with Gasteiger partial charge in [-0.15, -0.1) is 34.1 Å². The molecular weight excluding hydrogens is 222 g/mol. The van der Waals surface area contributed by atoms with Gasteiger partial charge in [-0.25, -0.2) is 0 Å². The molecule has 0 nitrogen and oxygen atoms in total. The van der Waals surface area contributed by atoms with Crippen LogP contribution in [0.25, 0.3) is 0 Å². The quantitative estimate of drug-likeness (QED) is 0.609. The summed E-state index contributed by atoms with van der Waals surface area (Å²) < 4.78 is 0. The van der Waals surface area contributed by atoms with Crippen LogP contribution in [0.4, 0.5) is 0 Å². The molecule has 1 unspecified atom stereocenters. The lowest BCUT2D eigenvalue weighted by Gasteiger charge is -2.18. The van der Waals surface area contributed by atoms with Crippen molar-refractivity contribution in [2.24, 2.45) is 0 Å². The van der Waals surface area contributed by atoms with Gasteiger partial charge in [0.05, 0.1) is 0 Å². The van der Waals surface area contributed by atoms with Crippen molar-refractivity contribution in [3.63, 3.8) is 0 Å². The molecule has 76 valence electrons. The number of hydrogen-bond donors (Lipinski definition) is 0. The number of halogens is 2. The highest BCUT2D eigenvalue weighted by atomic mass is 35.5. The summed E-state index contributed by atoms with van der Waals surface area (Å²) in [5.74, 6) is 0. The first-order chi connectivity index (χ1) is 5.00. The van der Waals surface area contributed by atoms with E-state index in [1.54, 1.807) is 0 Å². The molecule has 0 fully saturated rings. The molecule has 0 aromatic heterocycles. The first-order valence-corrected chi connectivity index (χ1v) is 4.44. The maximum Gasteiger partial charge on any atom is -0.0132 e. The van der Waals surface area contributed by atoms with Crippen LogP contribution in [-0.2, 0) is 5.41 Å². The summed E-state index contributed by atoms with van der Waals surface area (Å²) in [6.07, 6.45) is 0. The Hall–Kier alpha value is 0.230. The van der Waals surface area contributed by atoms with Gasteiger partial charge in [0.25, 0.3) is 0 Å². The van der Waals surface area contributed by atoms with Crippen LogP contribution in [0, 0.1) is 0 Å². The molecule has 1 atom stereocenters. The zero-order valence-corrected chi connectivity index (χ0v) is 11.0. The Morgan fingerprint density at radius 3 is 1.62 bits per heavy atom. The smallest absolute Gasteiger partial charge is 0.0132 e. The van der Waals surface area contributed by atoms with Crippen molar-refractivity contribution in [1.82, 2.24) is 0 Å². The zero-order valence-electron chi connectivity index (χ0n) is 8.20. The van der Waals surface area contributed by atoms with Crippen molar-refractivity contribution in [3.8, 4) is 0 Å². The first kappa shape index (κ1) is 15.7. The Morgan fingerprint density at radius 2 is 1.31 bits per heavy atom. The highest BCUT2D eigenvalue weighted by Gasteiger charge is 2.11. The minimum atomic E-state index is 0. The summed E-state index contributed by atoms with van der Waals surface area (Å²) in [7, 11) is 2.69. The van der Waals surface area contributed by atoms with E-state index in [9.17, 15) is 0 Å². The van der Waals surface area contributed by atoms with Crippen LogP contribution in [0.1, 0.15) is 26.3 Å². The lowest BCUT2D eigenvalue weighted by Crippen LogP contribution is -2.11. The average molecular weight is 239 g/mol. The zero-order chi connectivity index (χ0) is 8.48. The highest BCUT2D eigenvalue weighted by molar-refractivity contribution is 7.27. The lowest BCUT2D eigenvalue weighted by molar-refractivity contribution is 0.590. The van der Waals surface area contributed by atoms with Gasteiger partial charge < -0.3 is 0 Å². The summed E-state index contributed by atoms with van der Waals surface area (Å²) >= 11 is 0. The van der Waals surface area contributed by atoms with E-state index in [2.05, 4.69) is 54.3 Å². The van der Waals surface area contributed by atoms with E-state index in [4.69, 9.17) is 0 Å². The first-order valence-electron chi connectivity index (χ1n) is 3.86. The molecule has 13 heavy (non-hydrogen) atoms. The fourth-order valence-electron chi connectivity index (χ4n) is 0.983. The second kappa shape index (κ2) is 5.86. The van der Waals surface area contributed by atoms with Gasteiger partial charge in [-0.2, -0.15) is 0 Å². The number of hydrogen-bond acceptors (Lipinski definition) is 0. The standard InChI is InChI=1S/C10H15P.2ClH/c1-10(2,3)8-4-6-9(11)7-5-8;;/h4-7H,11H2,1-3H3;2*1H. The minimum Gasteiger partial charge on any atom is -0.147 e. The number of benzene rings is 1. The van der Waals surface area contributed by atoms with E-state index in [-0.39, 0.29) is 30.2 Å². The van der Waals surface area contributed by atoms with E-state index in [1.807, 2.05) is 0 Å².